The fraction of sp³-hybridized carbons (Fsp3) is 0.500. The smallest absolute Gasteiger partial charge is 0.410 e. The van der Waals surface area contributed by atoms with Crippen molar-refractivity contribution in [3.05, 3.63) is 23.5 Å². The number of aryl methyl sites for hydroxylation is 1. The molecule has 3 atom stereocenters. The number of nitrogens with zero attached hydrogens (tertiary/aromatic N) is 5. The van der Waals surface area contributed by atoms with E-state index in [-0.39, 0.29) is 29.8 Å². The molecule has 3 aliphatic heterocycles. The normalized spacial score (nSPS) is 26.0. The van der Waals surface area contributed by atoms with Gasteiger partial charge in [0.2, 0.25) is 0 Å². The molecule has 0 N–H and O–H groups in total. The number of ether oxygens (including phenoxy) is 1. The Morgan fingerprint density at radius 2 is 2.15 bits per heavy atom. The second-order valence-corrected chi connectivity index (χ2v) is 7.32. The number of rotatable bonds is 2. The van der Waals surface area contributed by atoms with Gasteiger partial charge in [-0.3, -0.25) is 4.79 Å². The predicted octanol–water partition coefficient (Wildman–Crippen LogP) is 1.40. The monoisotopic (exact) mass is 369 g/mol. The number of carbonyl (C=O) groups is 3. The van der Waals surface area contributed by atoms with Crippen LogP contribution in [0.15, 0.2) is 12.3 Å². The molecule has 9 nitrogen and oxygen atoms in total. The third-order valence-corrected chi connectivity index (χ3v) is 5.26. The van der Waals surface area contributed by atoms with Crippen LogP contribution in [0.2, 0.25) is 0 Å². The predicted molar refractivity (Wildman–Crippen MR) is 92.7 cm³/mol. The molecular weight excluding hydrogens is 350 g/mol. The van der Waals surface area contributed by atoms with Gasteiger partial charge in [0.15, 0.2) is 0 Å². The van der Waals surface area contributed by atoms with E-state index in [1.54, 1.807) is 36.6 Å². The van der Waals surface area contributed by atoms with E-state index in [0.717, 1.165) is 4.90 Å². The van der Waals surface area contributed by atoms with Crippen LogP contribution in [-0.4, -0.2) is 63.6 Å². The average Bonchev–Trinajstić information content (AvgIpc) is 3.26. The first-order chi connectivity index (χ1) is 12.8. The summed E-state index contributed by atoms with van der Waals surface area (Å²) in [5.41, 5.74) is 1.18. The second-order valence-electron chi connectivity index (χ2n) is 7.32. The summed E-state index contributed by atoms with van der Waals surface area (Å²) in [6.45, 7) is 5.61. The molecule has 3 aliphatic rings. The molecule has 4 rings (SSSR count). The molecule has 3 fully saturated rings. The zero-order valence-electron chi connectivity index (χ0n) is 15.2. The number of hydrogen-bond donors (Lipinski definition) is 0. The van der Waals surface area contributed by atoms with Crippen molar-refractivity contribution in [1.82, 2.24) is 14.8 Å². The van der Waals surface area contributed by atoms with Crippen molar-refractivity contribution in [3.8, 4) is 6.07 Å². The SMILES string of the molecule is Cc1cc(N2C(=O)[C@@H]3C4CC(CN4C(=O)OC(C)C)N3C2=O)cnc1C#N. The van der Waals surface area contributed by atoms with Crippen LogP contribution in [0.5, 0.6) is 0 Å². The number of urea groups is 1. The van der Waals surface area contributed by atoms with Crippen LogP contribution in [0.3, 0.4) is 0 Å². The molecular formula is C18H19N5O4. The van der Waals surface area contributed by atoms with Gasteiger partial charge in [-0.1, -0.05) is 0 Å². The highest BCUT2D eigenvalue weighted by Gasteiger charge is 2.63. The first kappa shape index (κ1) is 17.3. The molecule has 140 valence electrons. The number of pyridine rings is 1. The first-order valence-electron chi connectivity index (χ1n) is 8.83. The number of imide groups is 1. The third-order valence-electron chi connectivity index (χ3n) is 5.26. The average molecular weight is 369 g/mol. The number of hydrogen-bond acceptors (Lipinski definition) is 6. The van der Waals surface area contributed by atoms with E-state index in [4.69, 9.17) is 10.00 Å². The maximum absolute atomic E-state index is 13.0. The molecule has 27 heavy (non-hydrogen) atoms. The summed E-state index contributed by atoms with van der Waals surface area (Å²) in [6, 6.07) is 1.89. The molecule has 4 heterocycles. The van der Waals surface area contributed by atoms with Crippen LogP contribution in [0, 0.1) is 18.3 Å². The maximum atomic E-state index is 13.0. The molecule has 9 heteroatoms. The molecule has 1 aromatic rings. The number of amides is 4. The Labute approximate surface area is 156 Å². The first-order valence-corrected chi connectivity index (χ1v) is 8.83. The van der Waals surface area contributed by atoms with Crippen LogP contribution in [0.4, 0.5) is 15.3 Å². The number of fused-ring (bicyclic) bond motifs is 5. The van der Waals surface area contributed by atoms with E-state index >= 15 is 0 Å². The molecule has 4 amide bonds. The Morgan fingerprint density at radius 1 is 1.41 bits per heavy atom. The molecule has 2 bridgehead atoms. The van der Waals surface area contributed by atoms with Gasteiger partial charge in [0.05, 0.1) is 30.1 Å². The number of anilines is 1. The van der Waals surface area contributed by atoms with Gasteiger partial charge in [-0.2, -0.15) is 5.26 Å². The molecule has 2 unspecified atom stereocenters. The number of piperazine rings is 1. The molecule has 0 saturated carbocycles. The van der Waals surface area contributed by atoms with Gasteiger partial charge >= 0.3 is 12.1 Å². The van der Waals surface area contributed by atoms with E-state index in [9.17, 15) is 14.4 Å². The third kappa shape index (κ3) is 2.44. The Hall–Kier alpha value is -3.15. The van der Waals surface area contributed by atoms with Crippen molar-refractivity contribution < 1.29 is 19.1 Å². The second kappa shape index (κ2) is 5.94. The van der Waals surface area contributed by atoms with Gasteiger partial charge in [0.25, 0.3) is 5.91 Å². The summed E-state index contributed by atoms with van der Waals surface area (Å²) in [5.74, 6) is -0.375. The van der Waals surface area contributed by atoms with Crippen molar-refractivity contribution >= 4 is 23.7 Å². The number of aromatic nitrogens is 1. The lowest BCUT2D eigenvalue weighted by molar-refractivity contribution is -0.121. The molecule has 0 radical (unpaired) electrons. The highest BCUT2D eigenvalue weighted by Crippen LogP contribution is 2.42. The Balaban J connectivity index is 1.62. The maximum Gasteiger partial charge on any atom is 0.410 e. The molecule has 0 spiro atoms. The number of carbonyl (C=O) groups excluding carboxylic acids is 3. The van der Waals surface area contributed by atoms with Crippen LogP contribution in [-0.2, 0) is 9.53 Å². The van der Waals surface area contributed by atoms with Crippen molar-refractivity contribution in [2.75, 3.05) is 11.4 Å². The van der Waals surface area contributed by atoms with Crippen LogP contribution >= 0.6 is 0 Å². The number of likely N-dealkylation sites (tertiary alicyclic amines) is 1. The van der Waals surface area contributed by atoms with Crippen LogP contribution in [0.25, 0.3) is 0 Å². The quantitative estimate of drug-likeness (QED) is 0.730. The summed E-state index contributed by atoms with van der Waals surface area (Å²) >= 11 is 0. The van der Waals surface area contributed by atoms with E-state index in [1.165, 1.54) is 6.20 Å². The summed E-state index contributed by atoms with van der Waals surface area (Å²) in [7, 11) is 0. The van der Waals surface area contributed by atoms with E-state index in [2.05, 4.69) is 4.98 Å². The lowest BCUT2D eigenvalue weighted by Gasteiger charge is -2.34. The summed E-state index contributed by atoms with van der Waals surface area (Å²) in [4.78, 5) is 46.5. The standard InChI is InChI=1S/C18H19N5O4/c1-9(2)27-18(26)21-8-12-5-14(21)15-16(24)23(17(25)22(12)15)11-4-10(3)13(6-19)20-7-11/h4,7,9,12,14-15H,5,8H2,1-3H3/t12?,14?,15-/m0/s1. The minimum absolute atomic E-state index is 0.200. The van der Waals surface area contributed by atoms with Gasteiger partial charge in [-0.05, 0) is 38.8 Å². The summed E-state index contributed by atoms with van der Waals surface area (Å²) in [5, 5.41) is 9.01. The van der Waals surface area contributed by atoms with Gasteiger partial charge in [-0.15, -0.1) is 0 Å². The molecule has 1 aromatic heterocycles. The highest BCUT2D eigenvalue weighted by atomic mass is 16.6. The van der Waals surface area contributed by atoms with Gasteiger partial charge in [0.1, 0.15) is 17.8 Å². The topological polar surface area (TPSA) is 107 Å². The zero-order valence-corrected chi connectivity index (χ0v) is 15.2. The lowest BCUT2D eigenvalue weighted by atomic mass is 10.1. The van der Waals surface area contributed by atoms with E-state index in [0.29, 0.717) is 24.2 Å². The van der Waals surface area contributed by atoms with Crippen molar-refractivity contribution in [2.24, 2.45) is 0 Å². The summed E-state index contributed by atoms with van der Waals surface area (Å²) < 4.78 is 5.27. The zero-order chi connectivity index (χ0) is 19.5. The fourth-order valence-corrected chi connectivity index (χ4v) is 4.17. The molecule has 0 aromatic carbocycles. The number of nitriles is 1. The van der Waals surface area contributed by atoms with Crippen molar-refractivity contribution in [1.29, 1.82) is 5.26 Å². The fourth-order valence-electron chi connectivity index (χ4n) is 4.17. The molecule has 3 saturated heterocycles. The van der Waals surface area contributed by atoms with Gasteiger partial charge < -0.3 is 14.5 Å². The van der Waals surface area contributed by atoms with Crippen molar-refractivity contribution in [2.45, 2.75) is 51.4 Å². The summed E-state index contributed by atoms with van der Waals surface area (Å²) in [6.07, 6.45) is 1.23. The Bertz CT molecular complexity index is 892. The van der Waals surface area contributed by atoms with E-state index in [1.807, 2.05) is 6.07 Å². The van der Waals surface area contributed by atoms with Crippen molar-refractivity contribution in [3.63, 3.8) is 0 Å². The Morgan fingerprint density at radius 3 is 2.78 bits per heavy atom. The van der Waals surface area contributed by atoms with E-state index < -0.39 is 18.2 Å². The largest absolute Gasteiger partial charge is 0.447 e. The minimum Gasteiger partial charge on any atom is -0.447 e. The Kier molecular flexibility index (Phi) is 3.80. The van der Waals surface area contributed by atoms with Gasteiger partial charge in [-0.25, -0.2) is 19.5 Å². The van der Waals surface area contributed by atoms with Crippen LogP contribution in [0.1, 0.15) is 31.5 Å². The lowest BCUT2D eigenvalue weighted by Crippen LogP contribution is -2.55. The molecule has 0 aliphatic carbocycles. The van der Waals surface area contributed by atoms with Gasteiger partial charge in [0, 0.05) is 6.54 Å². The minimum atomic E-state index is -0.702. The highest BCUT2D eigenvalue weighted by molar-refractivity contribution is 6.22. The van der Waals surface area contributed by atoms with Crippen LogP contribution < -0.4 is 4.90 Å².